The number of rotatable bonds is 5. The third-order valence-electron chi connectivity index (χ3n) is 7.43. The van der Waals surface area contributed by atoms with E-state index in [9.17, 15) is 4.79 Å². The van der Waals surface area contributed by atoms with Gasteiger partial charge in [0.15, 0.2) is 0 Å². The molecule has 3 heterocycles. The maximum absolute atomic E-state index is 13.8. The monoisotopic (exact) mass is 431 g/mol. The van der Waals surface area contributed by atoms with Gasteiger partial charge in [-0.05, 0) is 48.3 Å². The van der Waals surface area contributed by atoms with Crippen LogP contribution in [0.1, 0.15) is 63.6 Å². The van der Waals surface area contributed by atoms with Crippen molar-refractivity contribution >= 4 is 11.6 Å². The Bertz CT molecular complexity index is 1150. The van der Waals surface area contributed by atoms with Gasteiger partial charge >= 0.3 is 0 Å². The number of carbonyl (C=O) groups excluding carboxylic acids is 1. The summed E-state index contributed by atoms with van der Waals surface area (Å²) < 4.78 is 7.80. The highest BCUT2D eigenvalue weighted by Crippen LogP contribution is 2.53. The fourth-order valence-corrected chi connectivity index (χ4v) is 6.58. The van der Waals surface area contributed by atoms with Crippen molar-refractivity contribution in [3.8, 4) is 5.75 Å². The molecule has 1 saturated carbocycles. The fourth-order valence-electron chi connectivity index (χ4n) is 6.58. The highest BCUT2D eigenvalue weighted by molar-refractivity contribution is 5.79. The van der Waals surface area contributed by atoms with Crippen molar-refractivity contribution in [2.75, 3.05) is 13.7 Å². The molecule has 32 heavy (non-hydrogen) atoms. The van der Waals surface area contributed by atoms with Crippen LogP contribution >= 0.6 is 0 Å². The van der Waals surface area contributed by atoms with Gasteiger partial charge in [0.05, 0.1) is 12.8 Å². The van der Waals surface area contributed by atoms with Crippen molar-refractivity contribution in [1.29, 1.82) is 0 Å². The molecule has 3 unspecified atom stereocenters. The molecule has 168 valence electrons. The smallest absolute Gasteiger partial charge is 0.223 e. The average molecular weight is 432 g/mol. The molecule has 0 N–H and O–H groups in total. The predicted octanol–water partition coefficient (Wildman–Crippen LogP) is 5.29. The number of hydrogen-bond acceptors (Lipinski definition) is 3. The minimum Gasteiger partial charge on any atom is -0.496 e. The van der Waals surface area contributed by atoms with Crippen LogP contribution in [0.2, 0.25) is 0 Å². The third kappa shape index (κ3) is 3.68. The van der Waals surface area contributed by atoms with Gasteiger partial charge < -0.3 is 14.0 Å². The Hall–Kier alpha value is -2.82. The molecule has 0 spiro atoms. The number of hydrogen-bond donors (Lipinski definition) is 0. The number of methoxy groups -OCH3 is 1. The lowest BCUT2D eigenvalue weighted by Gasteiger charge is -2.39. The second-order valence-electron chi connectivity index (χ2n) is 10.8. The average Bonchev–Trinajstić information content (AvgIpc) is 3.29. The lowest BCUT2D eigenvalue weighted by atomic mass is 9.65. The Morgan fingerprint density at radius 2 is 1.94 bits per heavy atom. The number of ether oxygens (including phenoxy) is 1. The topological polar surface area (TPSA) is 46.8 Å². The molecule has 2 bridgehead atoms. The summed E-state index contributed by atoms with van der Waals surface area (Å²) in [4.78, 5) is 20.6. The van der Waals surface area contributed by atoms with E-state index >= 15 is 0 Å². The number of carbonyl (C=O) groups is 1. The van der Waals surface area contributed by atoms with Gasteiger partial charge in [-0.15, -0.1) is 0 Å². The number of imidazole rings is 1. The van der Waals surface area contributed by atoms with Crippen molar-refractivity contribution in [3.05, 3.63) is 66.1 Å². The summed E-state index contributed by atoms with van der Waals surface area (Å²) in [6.45, 7) is 7.92. The zero-order valence-electron chi connectivity index (χ0n) is 19.5. The summed E-state index contributed by atoms with van der Waals surface area (Å²) in [5.41, 5.74) is 3.46. The summed E-state index contributed by atoms with van der Waals surface area (Å²) in [5.74, 6) is 0.917. The molecule has 5 nitrogen and oxygen atoms in total. The van der Waals surface area contributed by atoms with Crippen LogP contribution < -0.4 is 4.74 Å². The van der Waals surface area contributed by atoms with Crippen LogP contribution in [0.5, 0.6) is 5.75 Å². The molecule has 1 aliphatic carbocycles. The standard InChI is InChI=1S/C27H33N3O2/c1-26(2)14-19-15-27(3,17-26)18-30(19)25(31)13-21(20-9-5-6-10-23(20)32-4)22-16-28-24-11-7-8-12-29(22)24/h5-12,16,19,21H,13-15,17-18H2,1-4H3. The molecule has 2 aromatic heterocycles. The Balaban J connectivity index is 1.51. The van der Waals surface area contributed by atoms with Crippen molar-refractivity contribution in [2.45, 2.75) is 58.4 Å². The highest BCUT2D eigenvalue weighted by atomic mass is 16.5. The molecule has 1 amide bonds. The van der Waals surface area contributed by atoms with Crippen LogP contribution in [0.25, 0.3) is 5.65 Å². The zero-order valence-corrected chi connectivity index (χ0v) is 19.5. The number of benzene rings is 1. The lowest BCUT2D eigenvalue weighted by molar-refractivity contribution is -0.132. The normalized spacial score (nSPS) is 25.1. The van der Waals surface area contributed by atoms with Crippen molar-refractivity contribution < 1.29 is 9.53 Å². The predicted molar refractivity (Wildman–Crippen MR) is 126 cm³/mol. The largest absolute Gasteiger partial charge is 0.496 e. The van der Waals surface area contributed by atoms with Gasteiger partial charge in [-0.3, -0.25) is 4.79 Å². The van der Waals surface area contributed by atoms with Gasteiger partial charge in [-0.2, -0.15) is 0 Å². The van der Waals surface area contributed by atoms with Crippen LogP contribution in [0.3, 0.4) is 0 Å². The fraction of sp³-hybridized carbons (Fsp3) is 0.481. The van der Waals surface area contributed by atoms with E-state index in [1.165, 1.54) is 6.42 Å². The number of amides is 1. The molecule has 1 aromatic carbocycles. The molecular formula is C27H33N3O2. The van der Waals surface area contributed by atoms with Gasteiger partial charge in [0, 0.05) is 42.9 Å². The summed E-state index contributed by atoms with van der Waals surface area (Å²) in [6.07, 6.45) is 7.74. The van der Waals surface area contributed by atoms with Crippen LogP contribution in [-0.4, -0.2) is 39.9 Å². The van der Waals surface area contributed by atoms with Gasteiger partial charge in [-0.25, -0.2) is 4.98 Å². The summed E-state index contributed by atoms with van der Waals surface area (Å²) in [7, 11) is 1.69. The van der Waals surface area contributed by atoms with Gasteiger partial charge in [0.1, 0.15) is 11.4 Å². The van der Waals surface area contributed by atoms with E-state index in [1.807, 2.05) is 48.8 Å². The first kappa shape index (κ1) is 21.0. The second-order valence-corrected chi connectivity index (χ2v) is 10.8. The molecule has 2 aliphatic rings. The first-order valence-corrected chi connectivity index (χ1v) is 11.6. The molecule has 3 aromatic rings. The van der Waals surface area contributed by atoms with Crippen LogP contribution in [0.15, 0.2) is 54.9 Å². The van der Waals surface area contributed by atoms with Crippen LogP contribution in [0, 0.1) is 10.8 Å². The van der Waals surface area contributed by atoms with Crippen molar-refractivity contribution in [3.63, 3.8) is 0 Å². The molecular weight excluding hydrogens is 398 g/mol. The maximum atomic E-state index is 13.8. The number of pyridine rings is 1. The molecule has 3 atom stereocenters. The summed E-state index contributed by atoms with van der Waals surface area (Å²) in [5, 5.41) is 0. The molecule has 5 rings (SSSR count). The van der Waals surface area contributed by atoms with E-state index in [4.69, 9.17) is 4.74 Å². The number of fused-ring (bicyclic) bond motifs is 3. The van der Waals surface area contributed by atoms with Crippen molar-refractivity contribution in [1.82, 2.24) is 14.3 Å². The van der Waals surface area contributed by atoms with Gasteiger partial charge in [-0.1, -0.05) is 45.0 Å². The van der Waals surface area contributed by atoms with Gasteiger partial charge in [0.2, 0.25) is 5.91 Å². The highest BCUT2D eigenvalue weighted by Gasteiger charge is 2.51. The first-order valence-electron chi connectivity index (χ1n) is 11.6. The van der Waals surface area contributed by atoms with Crippen LogP contribution in [0.4, 0.5) is 0 Å². The molecule has 5 heteroatoms. The lowest BCUT2D eigenvalue weighted by Crippen LogP contribution is -2.38. The summed E-state index contributed by atoms with van der Waals surface area (Å²) >= 11 is 0. The van der Waals surface area contributed by atoms with Crippen LogP contribution in [-0.2, 0) is 4.79 Å². The molecule has 1 saturated heterocycles. The molecule has 1 aliphatic heterocycles. The Morgan fingerprint density at radius 1 is 1.16 bits per heavy atom. The first-order chi connectivity index (χ1) is 15.3. The Morgan fingerprint density at radius 3 is 2.75 bits per heavy atom. The number of nitrogens with zero attached hydrogens (tertiary/aromatic N) is 3. The van der Waals surface area contributed by atoms with E-state index in [0.717, 1.165) is 42.0 Å². The second kappa shape index (κ2) is 7.65. The van der Waals surface area contributed by atoms with Crippen molar-refractivity contribution in [2.24, 2.45) is 10.8 Å². The molecule has 0 radical (unpaired) electrons. The number of aromatic nitrogens is 2. The third-order valence-corrected chi connectivity index (χ3v) is 7.43. The Labute approximate surface area is 190 Å². The zero-order chi connectivity index (χ0) is 22.5. The van der Waals surface area contributed by atoms with Gasteiger partial charge in [0.25, 0.3) is 0 Å². The SMILES string of the molecule is COc1ccccc1C(CC(=O)N1CC2(C)CC1CC(C)(C)C2)c1cnc2ccccn12. The minimum atomic E-state index is -0.127. The minimum absolute atomic E-state index is 0.127. The van der Waals surface area contributed by atoms with E-state index < -0.39 is 0 Å². The number of para-hydroxylation sites is 1. The van der Waals surface area contributed by atoms with E-state index in [2.05, 4.69) is 41.1 Å². The van der Waals surface area contributed by atoms with E-state index in [0.29, 0.717) is 12.5 Å². The quantitative estimate of drug-likeness (QED) is 0.551. The summed E-state index contributed by atoms with van der Waals surface area (Å²) in [6, 6.07) is 14.4. The molecule has 2 fully saturated rings. The number of likely N-dealkylation sites (tertiary alicyclic amines) is 1. The maximum Gasteiger partial charge on any atom is 0.223 e. The Kier molecular flexibility index (Phi) is 5.03. The van der Waals surface area contributed by atoms with E-state index in [-0.39, 0.29) is 22.7 Å². The van der Waals surface area contributed by atoms with E-state index in [1.54, 1.807) is 7.11 Å².